The normalized spacial score (nSPS) is 26.2. The second-order valence-electron chi connectivity index (χ2n) is 7.45. The minimum Gasteiger partial charge on any atom is -0.387 e. The first-order chi connectivity index (χ1) is 11.3. The van der Waals surface area contributed by atoms with Crippen molar-refractivity contribution in [1.82, 2.24) is 24.5 Å². The van der Waals surface area contributed by atoms with Crippen LogP contribution in [0.25, 0.3) is 0 Å². The van der Waals surface area contributed by atoms with E-state index in [1.165, 1.54) is 0 Å². The summed E-state index contributed by atoms with van der Waals surface area (Å²) in [4.78, 5) is 18.9. The van der Waals surface area contributed by atoms with Gasteiger partial charge in [0.05, 0.1) is 17.8 Å². The van der Waals surface area contributed by atoms with E-state index in [1.807, 2.05) is 19.9 Å². The zero-order valence-corrected chi connectivity index (χ0v) is 15.0. The molecule has 0 radical (unpaired) electrons. The molecular weight excluding hydrogens is 306 g/mol. The lowest BCUT2D eigenvalue weighted by atomic mass is 10.0. The second-order valence-corrected chi connectivity index (χ2v) is 7.45. The van der Waals surface area contributed by atoms with E-state index >= 15 is 0 Å². The van der Waals surface area contributed by atoms with Crippen LogP contribution in [0.15, 0.2) is 6.07 Å². The second kappa shape index (κ2) is 6.82. The number of rotatable bonds is 4. The molecule has 2 aliphatic rings. The molecule has 7 nitrogen and oxygen atoms in total. The zero-order chi connectivity index (χ0) is 17.3. The molecule has 2 fully saturated rings. The molecule has 134 valence electrons. The maximum Gasteiger partial charge on any atom is 0.244 e. The average Bonchev–Trinajstić information content (AvgIpc) is 3.05. The van der Waals surface area contributed by atoms with Crippen LogP contribution in [0.1, 0.15) is 17.8 Å². The Morgan fingerprint density at radius 2 is 1.96 bits per heavy atom. The Morgan fingerprint density at radius 3 is 2.58 bits per heavy atom. The maximum atomic E-state index is 12.5. The van der Waals surface area contributed by atoms with Gasteiger partial charge in [-0.2, -0.15) is 5.10 Å². The summed E-state index contributed by atoms with van der Waals surface area (Å²) in [5, 5.41) is 15.2. The van der Waals surface area contributed by atoms with Gasteiger partial charge in [-0.1, -0.05) is 0 Å². The van der Waals surface area contributed by atoms with Gasteiger partial charge in [-0.15, -0.1) is 0 Å². The van der Waals surface area contributed by atoms with Gasteiger partial charge < -0.3 is 14.9 Å². The van der Waals surface area contributed by atoms with E-state index in [2.05, 4.69) is 21.9 Å². The number of aromatic nitrogens is 2. The predicted octanol–water partition coefficient (Wildman–Crippen LogP) is -0.289. The molecule has 3 heterocycles. The van der Waals surface area contributed by atoms with Crippen molar-refractivity contribution < 1.29 is 9.90 Å². The van der Waals surface area contributed by atoms with Gasteiger partial charge in [0.25, 0.3) is 0 Å². The SMILES string of the molecule is Cc1cc(C)n(CC(=O)N2CCC(O)(CN3CCN(C)CC3)C2)n1. The van der Waals surface area contributed by atoms with Crippen LogP contribution in [0.2, 0.25) is 0 Å². The summed E-state index contributed by atoms with van der Waals surface area (Å²) in [7, 11) is 2.13. The lowest BCUT2D eigenvalue weighted by Crippen LogP contribution is -2.52. The van der Waals surface area contributed by atoms with Crippen molar-refractivity contribution in [2.24, 2.45) is 0 Å². The van der Waals surface area contributed by atoms with Crippen LogP contribution in [0, 0.1) is 13.8 Å². The van der Waals surface area contributed by atoms with Gasteiger partial charge in [0.1, 0.15) is 6.54 Å². The van der Waals surface area contributed by atoms with Gasteiger partial charge in [-0.25, -0.2) is 0 Å². The first kappa shape index (κ1) is 17.4. The first-order valence-corrected chi connectivity index (χ1v) is 8.77. The lowest BCUT2D eigenvalue weighted by molar-refractivity contribution is -0.132. The molecule has 24 heavy (non-hydrogen) atoms. The third kappa shape index (κ3) is 3.96. The highest BCUT2D eigenvalue weighted by molar-refractivity contribution is 5.76. The van der Waals surface area contributed by atoms with Gasteiger partial charge in [0.2, 0.25) is 5.91 Å². The van der Waals surface area contributed by atoms with Crippen molar-refractivity contribution in [3.05, 3.63) is 17.5 Å². The number of aryl methyl sites for hydroxylation is 2. The molecule has 0 spiro atoms. The van der Waals surface area contributed by atoms with Crippen LogP contribution < -0.4 is 0 Å². The van der Waals surface area contributed by atoms with Gasteiger partial charge in [0, 0.05) is 45.0 Å². The topological polar surface area (TPSA) is 64.8 Å². The number of β-amino-alcohol motifs (C(OH)–C–C–N with tert-alkyl or cyclic N) is 1. The first-order valence-electron chi connectivity index (χ1n) is 8.77. The molecule has 2 aliphatic heterocycles. The minimum absolute atomic E-state index is 0.0375. The van der Waals surface area contributed by atoms with Crippen LogP contribution in [0.5, 0.6) is 0 Å². The average molecular weight is 335 g/mol. The fraction of sp³-hybridized carbons (Fsp3) is 0.765. The van der Waals surface area contributed by atoms with E-state index in [0.717, 1.165) is 37.6 Å². The number of likely N-dealkylation sites (tertiary alicyclic amines) is 1. The molecule has 0 saturated carbocycles. The Morgan fingerprint density at radius 1 is 1.25 bits per heavy atom. The number of nitrogens with zero attached hydrogens (tertiary/aromatic N) is 5. The van der Waals surface area contributed by atoms with E-state index in [9.17, 15) is 9.90 Å². The summed E-state index contributed by atoms with van der Waals surface area (Å²) < 4.78 is 1.75. The standard InChI is InChI=1S/C17H29N5O2/c1-14-10-15(2)22(18-14)11-16(23)21-5-4-17(24,13-21)12-20-8-6-19(3)7-9-20/h10,24H,4-9,11-13H2,1-3H3. The largest absolute Gasteiger partial charge is 0.387 e. The molecule has 1 unspecified atom stereocenters. The van der Waals surface area contributed by atoms with Crippen molar-refractivity contribution in [3.8, 4) is 0 Å². The quantitative estimate of drug-likeness (QED) is 0.819. The van der Waals surface area contributed by atoms with Gasteiger partial charge >= 0.3 is 0 Å². The molecule has 1 atom stereocenters. The highest BCUT2D eigenvalue weighted by Gasteiger charge is 2.39. The Balaban J connectivity index is 1.54. The Labute approximate surface area is 143 Å². The van der Waals surface area contributed by atoms with Crippen molar-refractivity contribution in [1.29, 1.82) is 0 Å². The van der Waals surface area contributed by atoms with Gasteiger partial charge in [0.15, 0.2) is 0 Å². The molecule has 0 aliphatic carbocycles. The summed E-state index contributed by atoms with van der Waals surface area (Å²) >= 11 is 0. The van der Waals surface area contributed by atoms with Crippen LogP contribution in [0.4, 0.5) is 0 Å². The molecule has 1 aromatic rings. The van der Waals surface area contributed by atoms with E-state index in [1.54, 1.807) is 9.58 Å². The maximum absolute atomic E-state index is 12.5. The number of likely N-dealkylation sites (N-methyl/N-ethyl adjacent to an activating group) is 1. The molecule has 1 aromatic heterocycles. The van der Waals surface area contributed by atoms with Crippen molar-refractivity contribution in [3.63, 3.8) is 0 Å². The smallest absolute Gasteiger partial charge is 0.244 e. The number of carbonyl (C=O) groups is 1. The molecular formula is C17H29N5O2. The number of amides is 1. The third-order valence-electron chi connectivity index (χ3n) is 5.19. The monoisotopic (exact) mass is 335 g/mol. The fourth-order valence-electron chi connectivity index (χ4n) is 3.68. The van der Waals surface area contributed by atoms with Crippen LogP contribution in [-0.4, -0.2) is 94.0 Å². The number of hydrogen-bond donors (Lipinski definition) is 1. The zero-order valence-electron chi connectivity index (χ0n) is 15.0. The van der Waals surface area contributed by atoms with E-state index in [-0.39, 0.29) is 12.5 Å². The summed E-state index contributed by atoms with van der Waals surface area (Å²) in [6.07, 6.45) is 0.655. The fourth-order valence-corrected chi connectivity index (χ4v) is 3.68. The molecule has 0 bridgehead atoms. The van der Waals surface area contributed by atoms with E-state index in [4.69, 9.17) is 0 Å². The van der Waals surface area contributed by atoms with Crippen LogP contribution >= 0.6 is 0 Å². The van der Waals surface area contributed by atoms with E-state index < -0.39 is 5.60 Å². The summed E-state index contributed by atoms with van der Waals surface area (Å²) in [6.45, 7) is 9.90. The number of aliphatic hydroxyl groups is 1. The van der Waals surface area contributed by atoms with Crippen LogP contribution in [-0.2, 0) is 11.3 Å². The van der Waals surface area contributed by atoms with Crippen molar-refractivity contribution >= 4 is 5.91 Å². The Kier molecular flexibility index (Phi) is 4.94. The number of piperazine rings is 1. The number of hydrogen-bond acceptors (Lipinski definition) is 5. The predicted molar refractivity (Wildman–Crippen MR) is 91.8 cm³/mol. The number of carbonyl (C=O) groups excluding carboxylic acids is 1. The summed E-state index contributed by atoms with van der Waals surface area (Å²) in [5.74, 6) is 0.0375. The summed E-state index contributed by atoms with van der Waals surface area (Å²) in [5.41, 5.74) is 1.14. The molecule has 7 heteroatoms. The molecule has 2 saturated heterocycles. The third-order valence-corrected chi connectivity index (χ3v) is 5.19. The Hall–Kier alpha value is -1.44. The highest BCUT2D eigenvalue weighted by Crippen LogP contribution is 2.23. The molecule has 1 N–H and O–H groups in total. The van der Waals surface area contributed by atoms with Crippen molar-refractivity contribution in [2.75, 3.05) is 52.9 Å². The van der Waals surface area contributed by atoms with Crippen molar-refractivity contribution in [2.45, 2.75) is 32.4 Å². The van der Waals surface area contributed by atoms with Gasteiger partial charge in [-0.3, -0.25) is 14.4 Å². The molecule has 3 rings (SSSR count). The Bertz CT molecular complexity index is 594. The lowest BCUT2D eigenvalue weighted by Gasteiger charge is -2.36. The van der Waals surface area contributed by atoms with E-state index in [0.29, 0.717) is 26.1 Å². The van der Waals surface area contributed by atoms with Gasteiger partial charge in [-0.05, 0) is 33.4 Å². The minimum atomic E-state index is -0.777. The highest BCUT2D eigenvalue weighted by atomic mass is 16.3. The summed E-state index contributed by atoms with van der Waals surface area (Å²) in [6, 6.07) is 1.97. The molecule has 1 amide bonds. The molecule has 0 aromatic carbocycles. The van der Waals surface area contributed by atoms with Crippen LogP contribution in [0.3, 0.4) is 0 Å².